The topological polar surface area (TPSA) is 0 Å². The van der Waals surface area contributed by atoms with Crippen molar-refractivity contribution < 1.29 is 8.78 Å². The summed E-state index contributed by atoms with van der Waals surface area (Å²) in [4.78, 5) is 0. The average molecular weight is 276 g/mol. The molecule has 0 radical (unpaired) electrons. The molecule has 0 aliphatic rings. The van der Waals surface area contributed by atoms with Crippen LogP contribution in [0.3, 0.4) is 0 Å². The van der Waals surface area contributed by atoms with E-state index in [4.69, 9.17) is 0 Å². The molecular weight excluding hydrogens is 261 g/mol. The minimum atomic E-state index is -0.804. The SMILES string of the molecule is Cc1cc(C)c(P=Cc2cccc(F)c2F)c(C)c1. The van der Waals surface area contributed by atoms with E-state index in [0.717, 1.165) is 19.6 Å². The van der Waals surface area contributed by atoms with Crippen LogP contribution in [0.15, 0.2) is 30.3 Å². The number of aryl methyl sites for hydroxylation is 3. The Hall–Kier alpha value is -1.53. The largest absolute Gasteiger partial charge is 0.204 e. The van der Waals surface area contributed by atoms with Crippen LogP contribution < -0.4 is 5.30 Å². The highest BCUT2D eigenvalue weighted by atomic mass is 31.1. The molecule has 19 heavy (non-hydrogen) atoms. The van der Waals surface area contributed by atoms with Gasteiger partial charge in [-0.3, -0.25) is 0 Å². The van der Waals surface area contributed by atoms with E-state index in [0.29, 0.717) is 5.56 Å². The van der Waals surface area contributed by atoms with Crippen LogP contribution in [0.5, 0.6) is 0 Å². The molecule has 3 heteroatoms. The van der Waals surface area contributed by atoms with Crippen molar-refractivity contribution in [3.05, 3.63) is 64.2 Å². The maximum absolute atomic E-state index is 13.6. The molecule has 2 aromatic rings. The smallest absolute Gasteiger partial charge is 0.166 e. The normalized spacial score (nSPS) is 11.2. The molecule has 2 aromatic carbocycles. The van der Waals surface area contributed by atoms with E-state index in [1.165, 1.54) is 22.8 Å². The van der Waals surface area contributed by atoms with Crippen LogP contribution in [0.2, 0.25) is 0 Å². The summed E-state index contributed by atoms with van der Waals surface area (Å²) in [5, 5.41) is 1.15. The predicted molar refractivity (Wildman–Crippen MR) is 78.7 cm³/mol. The molecule has 0 aliphatic heterocycles. The van der Waals surface area contributed by atoms with Gasteiger partial charge in [-0.1, -0.05) is 38.0 Å². The van der Waals surface area contributed by atoms with Gasteiger partial charge in [-0.15, -0.1) is 0 Å². The van der Waals surface area contributed by atoms with Crippen LogP contribution >= 0.6 is 8.20 Å². The average Bonchev–Trinajstić information content (AvgIpc) is 2.33. The second-order valence-electron chi connectivity index (χ2n) is 4.65. The van der Waals surface area contributed by atoms with Crippen LogP contribution in [0.1, 0.15) is 22.3 Å². The summed E-state index contributed by atoms with van der Waals surface area (Å²) < 4.78 is 26.7. The molecule has 2 rings (SSSR count). The van der Waals surface area contributed by atoms with Crippen molar-refractivity contribution >= 4 is 19.3 Å². The Morgan fingerprint density at radius 3 is 2.26 bits per heavy atom. The Balaban J connectivity index is 2.41. The molecule has 0 N–H and O–H groups in total. The van der Waals surface area contributed by atoms with Crippen molar-refractivity contribution in [3.8, 4) is 0 Å². The quantitative estimate of drug-likeness (QED) is 0.717. The number of halogens is 2. The van der Waals surface area contributed by atoms with Crippen molar-refractivity contribution in [1.82, 2.24) is 0 Å². The van der Waals surface area contributed by atoms with Crippen LogP contribution in [0.4, 0.5) is 8.78 Å². The fourth-order valence-electron chi connectivity index (χ4n) is 2.13. The van der Waals surface area contributed by atoms with Crippen molar-refractivity contribution in [2.45, 2.75) is 20.8 Å². The van der Waals surface area contributed by atoms with E-state index in [9.17, 15) is 8.78 Å². The maximum atomic E-state index is 13.6. The lowest BCUT2D eigenvalue weighted by molar-refractivity contribution is 0.508. The van der Waals surface area contributed by atoms with Gasteiger partial charge in [-0.25, -0.2) is 8.78 Å². The summed E-state index contributed by atoms with van der Waals surface area (Å²) in [6, 6.07) is 8.45. The van der Waals surface area contributed by atoms with Crippen LogP contribution in [-0.4, -0.2) is 5.80 Å². The molecular formula is C16H15F2P. The summed E-state index contributed by atoms with van der Waals surface area (Å²) in [6.07, 6.45) is 0. The van der Waals surface area contributed by atoms with Crippen molar-refractivity contribution in [3.63, 3.8) is 0 Å². The molecule has 0 atom stereocenters. The Morgan fingerprint density at radius 1 is 1.00 bits per heavy atom. The lowest BCUT2D eigenvalue weighted by Gasteiger charge is -2.06. The molecule has 0 heterocycles. The Bertz CT molecular complexity index is 622. The van der Waals surface area contributed by atoms with E-state index in [1.54, 1.807) is 11.9 Å². The van der Waals surface area contributed by atoms with Crippen molar-refractivity contribution in [2.75, 3.05) is 0 Å². The molecule has 98 valence electrons. The first-order valence-corrected chi connectivity index (χ1v) is 7.01. The van der Waals surface area contributed by atoms with E-state index >= 15 is 0 Å². The Morgan fingerprint density at radius 2 is 1.63 bits per heavy atom. The number of hydrogen-bond acceptors (Lipinski definition) is 0. The molecule has 0 aromatic heterocycles. The Labute approximate surface area is 113 Å². The highest BCUT2D eigenvalue weighted by Crippen LogP contribution is 2.15. The van der Waals surface area contributed by atoms with E-state index in [-0.39, 0.29) is 0 Å². The summed E-state index contributed by atoms with van der Waals surface area (Å²) >= 11 is 0. The molecule has 0 saturated heterocycles. The van der Waals surface area contributed by atoms with E-state index in [1.807, 2.05) is 13.8 Å². The van der Waals surface area contributed by atoms with Crippen LogP contribution in [-0.2, 0) is 0 Å². The first kappa shape index (κ1) is 13.9. The Kier molecular flexibility index (Phi) is 4.11. The highest BCUT2D eigenvalue weighted by Gasteiger charge is 2.06. The fourth-order valence-corrected chi connectivity index (χ4v) is 3.13. The molecule has 0 bridgehead atoms. The summed E-state index contributed by atoms with van der Waals surface area (Å²) in [5.74, 6) is 0.127. The molecule has 0 unspecified atom stereocenters. The summed E-state index contributed by atoms with van der Waals surface area (Å²) in [5.41, 5.74) is 3.87. The van der Waals surface area contributed by atoms with Crippen LogP contribution in [0.25, 0.3) is 0 Å². The van der Waals surface area contributed by atoms with Gasteiger partial charge >= 0.3 is 0 Å². The second-order valence-corrected chi connectivity index (χ2v) is 5.61. The highest BCUT2D eigenvalue weighted by molar-refractivity contribution is 7.48. The van der Waals surface area contributed by atoms with E-state index < -0.39 is 11.6 Å². The molecule has 0 nitrogen and oxygen atoms in total. The van der Waals surface area contributed by atoms with Gasteiger partial charge in [-0.2, -0.15) is 0 Å². The van der Waals surface area contributed by atoms with Crippen molar-refractivity contribution in [2.24, 2.45) is 0 Å². The zero-order chi connectivity index (χ0) is 14.0. The standard InChI is InChI=1S/C16H15F2P/c1-10-7-11(2)16(12(3)8-10)19-9-13-5-4-6-14(17)15(13)18/h4-9H,1-3H3. The van der Waals surface area contributed by atoms with Gasteiger partial charge in [0.05, 0.1) is 0 Å². The third kappa shape index (κ3) is 3.08. The number of benzene rings is 2. The maximum Gasteiger partial charge on any atom is 0.166 e. The minimum absolute atomic E-state index is 0.307. The zero-order valence-electron chi connectivity index (χ0n) is 11.2. The lowest BCUT2D eigenvalue weighted by Crippen LogP contribution is -2.04. The fraction of sp³-hybridized carbons (Fsp3) is 0.188. The van der Waals surface area contributed by atoms with Gasteiger partial charge in [0.1, 0.15) is 0 Å². The van der Waals surface area contributed by atoms with Crippen molar-refractivity contribution in [1.29, 1.82) is 0 Å². The second kappa shape index (κ2) is 5.63. The van der Waals surface area contributed by atoms with Gasteiger partial charge in [0.15, 0.2) is 11.6 Å². The zero-order valence-corrected chi connectivity index (χ0v) is 12.1. The van der Waals surface area contributed by atoms with Gasteiger partial charge in [-0.05, 0) is 43.8 Å². The summed E-state index contributed by atoms with van der Waals surface area (Å²) in [6.45, 7) is 6.13. The monoisotopic (exact) mass is 276 g/mol. The molecule has 0 fully saturated rings. The van der Waals surface area contributed by atoms with Crippen LogP contribution in [0, 0.1) is 32.4 Å². The molecule has 0 amide bonds. The number of hydrogen-bond donors (Lipinski definition) is 0. The van der Waals surface area contributed by atoms with E-state index in [2.05, 4.69) is 19.1 Å². The third-order valence-electron chi connectivity index (χ3n) is 2.95. The third-order valence-corrected chi connectivity index (χ3v) is 4.32. The van der Waals surface area contributed by atoms with Gasteiger partial charge in [0.2, 0.25) is 0 Å². The minimum Gasteiger partial charge on any atom is -0.204 e. The number of rotatable bonds is 2. The van der Waals surface area contributed by atoms with Gasteiger partial charge in [0, 0.05) is 10.9 Å². The predicted octanol–water partition coefficient (Wildman–Crippen LogP) is 4.31. The molecule has 0 spiro atoms. The lowest BCUT2D eigenvalue weighted by atomic mass is 10.1. The first-order chi connectivity index (χ1) is 8.99. The molecule has 0 saturated carbocycles. The summed E-state index contributed by atoms with van der Waals surface area (Å²) in [7, 11) is 0.882. The molecule has 0 aliphatic carbocycles. The first-order valence-electron chi connectivity index (χ1n) is 6.05. The van der Waals surface area contributed by atoms with Gasteiger partial charge in [0.25, 0.3) is 0 Å². The van der Waals surface area contributed by atoms with Gasteiger partial charge < -0.3 is 0 Å².